The van der Waals surface area contributed by atoms with Crippen molar-refractivity contribution in [2.24, 2.45) is 5.16 Å². The lowest BCUT2D eigenvalue weighted by atomic mass is 9.85. The van der Waals surface area contributed by atoms with Crippen molar-refractivity contribution >= 4 is 11.6 Å². The molecular formula is C22H26N2O3. The molecule has 0 radical (unpaired) electrons. The summed E-state index contributed by atoms with van der Waals surface area (Å²) in [5.74, 6) is -0.131. The van der Waals surface area contributed by atoms with Gasteiger partial charge in [0.05, 0.1) is 11.6 Å². The van der Waals surface area contributed by atoms with Crippen LogP contribution in [0.5, 0.6) is 0 Å². The lowest BCUT2D eigenvalue weighted by Crippen LogP contribution is -2.36. The van der Waals surface area contributed by atoms with Gasteiger partial charge in [-0.2, -0.15) is 0 Å². The highest BCUT2D eigenvalue weighted by atomic mass is 16.6. The molecule has 1 unspecified atom stereocenters. The smallest absolute Gasteiger partial charge is 0.264 e. The topological polar surface area (TPSA) is 59.9 Å². The molecule has 1 atom stereocenters. The number of benzene rings is 2. The van der Waals surface area contributed by atoms with Crippen LogP contribution in [0.25, 0.3) is 0 Å². The fourth-order valence-electron chi connectivity index (χ4n) is 3.22. The van der Waals surface area contributed by atoms with Crippen molar-refractivity contribution < 1.29 is 14.4 Å². The number of carbonyl (C=O) groups excluding carboxylic acids is 1. The Bertz CT molecular complexity index is 707. The summed E-state index contributed by atoms with van der Waals surface area (Å²) in [7, 11) is 0. The minimum absolute atomic E-state index is 0.0110. The summed E-state index contributed by atoms with van der Waals surface area (Å²) in [4.78, 5) is 17.8. The van der Waals surface area contributed by atoms with Gasteiger partial charge < -0.3 is 14.9 Å². The van der Waals surface area contributed by atoms with E-state index in [4.69, 9.17) is 9.57 Å². The zero-order valence-corrected chi connectivity index (χ0v) is 15.6. The van der Waals surface area contributed by atoms with Crippen LogP contribution in [-0.2, 0) is 14.4 Å². The molecule has 0 bridgehead atoms. The quantitative estimate of drug-likeness (QED) is 0.691. The maximum Gasteiger partial charge on any atom is 0.264 e. The van der Waals surface area contributed by atoms with Crippen LogP contribution < -0.4 is 5.32 Å². The van der Waals surface area contributed by atoms with E-state index in [1.54, 1.807) is 0 Å². The minimum atomic E-state index is -0.568. The van der Waals surface area contributed by atoms with Crippen LogP contribution in [0.4, 0.5) is 0 Å². The monoisotopic (exact) mass is 366 g/mol. The predicted molar refractivity (Wildman–Crippen MR) is 106 cm³/mol. The van der Waals surface area contributed by atoms with E-state index in [1.165, 1.54) is 0 Å². The number of ether oxygens (including phenoxy) is 1. The van der Waals surface area contributed by atoms with Gasteiger partial charge in [0.2, 0.25) is 6.10 Å². The largest absolute Gasteiger partial charge is 0.382 e. The molecule has 1 aliphatic rings. The van der Waals surface area contributed by atoms with E-state index in [0.717, 1.165) is 23.3 Å². The molecule has 0 aliphatic carbocycles. The molecule has 1 amide bonds. The molecule has 5 heteroatoms. The van der Waals surface area contributed by atoms with E-state index in [2.05, 4.69) is 34.7 Å². The van der Waals surface area contributed by atoms with E-state index < -0.39 is 6.10 Å². The Balaban J connectivity index is 1.65. The Morgan fingerprint density at radius 3 is 2.37 bits per heavy atom. The van der Waals surface area contributed by atoms with Crippen molar-refractivity contribution in [3.05, 3.63) is 71.8 Å². The van der Waals surface area contributed by atoms with E-state index >= 15 is 0 Å². The van der Waals surface area contributed by atoms with Crippen molar-refractivity contribution in [1.29, 1.82) is 0 Å². The molecule has 5 nitrogen and oxygen atoms in total. The summed E-state index contributed by atoms with van der Waals surface area (Å²) >= 11 is 0. The lowest BCUT2D eigenvalue weighted by Gasteiger charge is -2.17. The average molecular weight is 366 g/mol. The van der Waals surface area contributed by atoms with Gasteiger partial charge in [-0.05, 0) is 24.5 Å². The Morgan fingerprint density at radius 2 is 1.78 bits per heavy atom. The molecule has 1 N–H and O–H groups in total. The van der Waals surface area contributed by atoms with Gasteiger partial charge >= 0.3 is 0 Å². The zero-order valence-electron chi connectivity index (χ0n) is 15.6. The van der Waals surface area contributed by atoms with Gasteiger partial charge in [-0.15, -0.1) is 0 Å². The highest BCUT2D eigenvalue weighted by Crippen LogP contribution is 2.31. The highest BCUT2D eigenvalue weighted by Gasteiger charge is 2.33. The molecule has 2 aromatic rings. The molecule has 27 heavy (non-hydrogen) atoms. The maximum absolute atomic E-state index is 12.4. The molecule has 0 aromatic heterocycles. The Labute approximate surface area is 160 Å². The van der Waals surface area contributed by atoms with E-state index in [1.807, 2.05) is 43.3 Å². The molecule has 0 fully saturated rings. The second kappa shape index (κ2) is 9.88. The van der Waals surface area contributed by atoms with Gasteiger partial charge in [0, 0.05) is 26.2 Å². The van der Waals surface area contributed by atoms with Crippen LogP contribution in [-0.4, -0.2) is 37.5 Å². The van der Waals surface area contributed by atoms with Crippen molar-refractivity contribution in [3.63, 3.8) is 0 Å². The van der Waals surface area contributed by atoms with Crippen LogP contribution in [0, 0.1) is 0 Å². The molecule has 3 rings (SSSR count). The Morgan fingerprint density at radius 1 is 1.15 bits per heavy atom. The zero-order chi connectivity index (χ0) is 18.9. The van der Waals surface area contributed by atoms with Crippen molar-refractivity contribution in [2.45, 2.75) is 31.8 Å². The maximum atomic E-state index is 12.4. The molecule has 1 aliphatic heterocycles. The van der Waals surface area contributed by atoms with Crippen LogP contribution in [0.1, 0.15) is 36.8 Å². The van der Waals surface area contributed by atoms with Crippen LogP contribution >= 0.6 is 0 Å². The molecule has 0 saturated heterocycles. The van der Waals surface area contributed by atoms with E-state index in [-0.39, 0.29) is 11.8 Å². The highest BCUT2D eigenvalue weighted by molar-refractivity contribution is 5.98. The third-order valence-electron chi connectivity index (χ3n) is 4.55. The summed E-state index contributed by atoms with van der Waals surface area (Å²) in [6, 6.07) is 20.4. The van der Waals surface area contributed by atoms with E-state index in [9.17, 15) is 4.79 Å². The number of hydrogen-bond donors (Lipinski definition) is 1. The molecule has 2 aromatic carbocycles. The first kappa shape index (κ1) is 19.1. The van der Waals surface area contributed by atoms with Crippen LogP contribution in [0.15, 0.2) is 65.8 Å². The Kier molecular flexibility index (Phi) is 6.99. The van der Waals surface area contributed by atoms with Gasteiger partial charge in [0.15, 0.2) is 0 Å². The SMILES string of the molecule is CCOCCCNC(=O)C1CC(C(c2ccccc2)c2ccccc2)=NO1. The third-order valence-corrected chi connectivity index (χ3v) is 4.55. The molecule has 0 saturated carbocycles. The first-order chi connectivity index (χ1) is 13.3. The number of nitrogens with zero attached hydrogens (tertiary/aromatic N) is 1. The second-order valence-corrected chi connectivity index (χ2v) is 6.48. The molecule has 142 valence electrons. The first-order valence-corrected chi connectivity index (χ1v) is 9.47. The summed E-state index contributed by atoms with van der Waals surface area (Å²) < 4.78 is 5.28. The number of carbonyl (C=O) groups is 1. The molecule has 1 heterocycles. The summed E-state index contributed by atoms with van der Waals surface area (Å²) in [6.07, 6.45) is 0.713. The second-order valence-electron chi connectivity index (χ2n) is 6.48. The van der Waals surface area contributed by atoms with Crippen LogP contribution in [0.3, 0.4) is 0 Å². The number of nitrogens with one attached hydrogen (secondary N) is 1. The number of rotatable bonds is 9. The predicted octanol–water partition coefficient (Wildman–Crippen LogP) is 3.51. The number of hydrogen-bond acceptors (Lipinski definition) is 4. The summed E-state index contributed by atoms with van der Waals surface area (Å²) in [5.41, 5.74) is 3.16. The average Bonchev–Trinajstić information content (AvgIpc) is 3.19. The van der Waals surface area contributed by atoms with E-state index in [0.29, 0.717) is 26.2 Å². The van der Waals surface area contributed by atoms with Crippen molar-refractivity contribution in [2.75, 3.05) is 19.8 Å². The normalized spacial score (nSPS) is 16.1. The fraction of sp³-hybridized carbons (Fsp3) is 0.364. The van der Waals surface area contributed by atoms with Crippen molar-refractivity contribution in [1.82, 2.24) is 5.32 Å². The lowest BCUT2D eigenvalue weighted by molar-refractivity contribution is -0.131. The number of amides is 1. The number of oxime groups is 1. The van der Waals surface area contributed by atoms with Gasteiger partial charge in [-0.1, -0.05) is 65.8 Å². The summed E-state index contributed by atoms with van der Waals surface area (Å²) in [5, 5.41) is 7.19. The first-order valence-electron chi connectivity index (χ1n) is 9.47. The van der Waals surface area contributed by atoms with Gasteiger partial charge in [0.1, 0.15) is 0 Å². The summed E-state index contributed by atoms with van der Waals surface area (Å²) in [6.45, 7) is 3.87. The minimum Gasteiger partial charge on any atom is -0.382 e. The Hall–Kier alpha value is -2.66. The van der Waals surface area contributed by atoms with Gasteiger partial charge in [-0.25, -0.2) is 0 Å². The van der Waals surface area contributed by atoms with Gasteiger partial charge in [-0.3, -0.25) is 4.79 Å². The third kappa shape index (κ3) is 5.17. The standard InChI is InChI=1S/C22H26N2O3/c1-2-26-15-9-14-23-22(25)20-16-19(24-27-20)21(17-10-5-3-6-11-17)18-12-7-4-8-13-18/h3-8,10-13,20-21H,2,9,14-16H2,1H3,(H,23,25). The fourth-order valence-corrected chi connectivity index (χ4v) is 3.22. The van der Waals surface area contributed by atoms with Crippen LogP contribution in [0.2, 0.25) is 0 Å². The molecule has 0 spiro atoms. The molecular weight excluding hydrogens is 340 g/mol. The van der Waals surface area contributed by atoms with Crippen molar-refractivity contribution in [3.8, 4) is 0 Å². The van der Waals surface area contributed by atoms with Gasteiger partial charge in [0.25, 0.3) is 5.91 Å².